The van der Waals surface area contributed by atoms with Crippen molar-refractivity contribution in [1.29, 1.82) is 0 Å². The predicted octanol–water partition coefficient (Wildman–Crippen LogP) is 2.82. The van der Waals surface area contributed by atoms with Gasteiger partial charge >= 0.3 is 0 Å². The molecule has 1 atom stereocenters. The van der Waals surface area contributed by atoms with E-state index >= 15 is 0 Å². The van der Waals surface area contributed by atoms with Gasteiger partial charge in [-0.1, -0.05) is 18.2 Å². The van der Waals surface area contributed by atoms with Crippen molar-refractivity contribution >= 4 is 17.6 Å². The molecule has 1 unspecified atom stereocenters. The topological polar surface area (TPSA) is 71.5 Å². The minimum absolute atomic E-state index is 0.0368. The van der Waals surface area contributed by atoms with Gasteiger partial charge < -0.3 is 15.0 Å². The molecule has 1 saturated heterocycles. The molecule has 0 bridgehead atoms. The fraction of sp³-hybridized carbons (Fsp3) is 0.381. The third-order valence-electron chi connectivity index (χ3n) is 4.89. The van der Waals surface area contributed by atoms with E-state index in [1.54, 1.807) is 18.2 Å². The number of likely N-dealkylation sites (tertiary alicyclic amines) is 1. The van der Waals surface area contributed by atoms with Gasteiger partial charge in [0, 0.05) is 19.3 Å². The molecule has 142 valence electrons. The maximum atomic E-state index is 12.7. The lowest BCUT2D eigenvalue weighted by Crippen LogP contribution is -2.44. The van der Waals surface area contributed by atoms with Gasteiger partial charge in [0.05, 0.1) is 19.4 Å². The molecular weight excluding hydrogens is 342 g/mol. The van der Waals surface area contributed by atoms with Crippen LogP contribution in [0.2, 0.25) is 0 Å². The van der Waals surface area contributed by atoms with E-state index in [0.29, 0.717) is 25.3 Å². The maximum absolute atomic E-state index is 12.7. The molecule has 27 heavy (non-hydrogen) atoms. The number of hydrogen-bond donors (Lipinski definition) is 1. The van der Waals surface area contributed by atoms with Crippen LogP contribution < -0.4 is 10.1 Å². The molecule has 6 nitrogen and oxygen atoms in total. The third-order valence-corrected chi connectivity index (χ3v) is 4.89. The Kier molecular flexibility index (Phi) is 6.06. The molecule has 1 aliphatic rings. The minimum atomic E-state index is -0.214. The van der Waals surface area contributed by atoms with Gasteiger partial charge in [-0.2, -0.15) is 0 Å². The summed E-state index contributed by atoms with van der Waals surface area (Å²) in [5.41, 5.74) is 1.84. The van der Waals surface area contributed by atoms with Crippen LogP contribution in [0.15, 0.2) is 42.6 Å². The zero-order valence-electron chi connectivity index (χ0n) is 15.8. The number of hydrogen-bond acceptors (Lipinski definition) is 4. The first-order chi connectivity index (χ1) is 13.1. The standard InChI is InChI=1S/C21H25N3O3/c1-15-6-4-10-22-20(15)23-21(26)17-8-5-11-24(14-17)19(25)13-16-7-3-9-18(12-16)27-2/h3-4,6-7,9-10,12,17H,5,8,11,13-14H2,1-2H3,(H,22,23,26). The second-order valence-corrected chi connectivity index (χ2v) is 6.87. The monoisotopic (exact) mass is 367 g/mol. The number of benzene rings is 1. The summed E-state index contributed by atoms with van der Waals surface area (Å²) in [6.45, 7) is 3.04. The second-order valence-electron chi connectivity index (χ2n) is 6.87. The molecule has 0 spiro atoms. The summed E-state index contributed by atoms with van der Waals surface area (Å²) in [4.78, 5) is 31.3. The quantitative estimate of drug-likeness (QED) is 0.882. The first kappa shape index (κ1) is 18.9. The molecule has 0 aliphatic carbocycles. The van der Waals surface area contributed by atoms with Crippen molar-refractivity contribution < 1.29 is 14.3 Å². The molecule has 6 heteroatoms. The van der Waals surface area contributed by atoms with E-state index in [9.17, 15) is 9.59 Å². The Balaban J connectivity index is 1.60. The van der Waals surface area contributed by atoms with Crippen LogP contribution in [0.1, 0.15) is 24.0 Å². The van der Waals surface area contributed by atoms with Crippen LogP contribution in [-0.2, 0) is 16.0 Å². The van der Waals surface area contributed by atoms with E-state index in [-0.39, 0.29) is 17.7 Å². The van der Waals surface area contributed by atoms with Crippen molar-refractivity contribution in [1.82, 2.24) is 9.88 Å². The van der Waals surface area contributed by atoms with Gasteiger partial charge in [-0.05, 0) is 49.1 Å². The molecule has 1 aromatic carbocycles. The van der Waals surface area contributed by atoms with Crippen LogP contribution in [0, 0.1) is 12.8 Å². The molecule has 2 amide bonds. The lowest BCUT2D eigenvalue weighted by molar-refractivity contribution is -0.133. The highest BCUT2D eigenvalue weighted by atomic mass is 16.5. The zero-order chi connectivity index (χ0) is 19.2. The highest BCUT2D eigenvalue weighted by molar-refractivity contribution is 5.93. The SMILES string of the molecule is COc1cccc(CC(=O)N2CCCC(C(=O)Nc3ncccc3C)C2)c1. The van der Waals surface area contributed by atoms with Crippen molar-refractivity contribution in [3.8, 4) is 5.75 Å². The summed E-state index contributed by atoms with van der Waals surface area (Å²) >= 11 is 0. The number of carbonyl (C=O) groups excluding carboxylic acids is 2. The van der Waals surface area contributed by atoms with E-state index in [0.717, 1.165) is 29.7 Å². The number of amides is 2. The molecule has 0 radical (unpaired) electrons. The van der Waals surface area contributed by atoms with Gasteiger partial charge in [0.25, 0.3) is 0 Å². The summed E-state index contributed by atoms with van der Waals surface area (Å²) < 4.78 is 5.21. The Hall–Kier alpha value is -2.89. The van der Waals surface area contributed by atoms with Gasteiger partial charge in [-0.25, -0.2) is 4.98 Å². The van der Waals surface area contributed by atoms with Crippen molar-refractivity contribution in [2.45, 2.75) is 26.2 Å². The number of carbonyl (C=O) groups is 2. The fourth-order valence-corrected chi connectivity index (χ4v) is 3.32. The number of methoxy groups -OCH3 is 1. The van der Waals surface area contributed by atoms with Crippen LogP contribution in [0.25, 0.3) is 0 Å². The number of nitrogens with one attached hydrogen (secondary N) is 1. The van der Waals surface area contributed by atoms with Gasteiger partial charge in [0.15, 0.2) is 0 Å². The Morgan fingerprint density at radius 2 is 2.15 bits per heavy atom. The number of aromatic nitrogens is 1. The number of rotatable bonds is 5. The lowest BCUT2D eigenvalue weighted by Gasteiger charge is -2.32. The van der Waals surface area contributed by atoms with Crippen LogP contribution in [0.5, 0.6) is 5.75 Å². The molecular formula is C21H25N3O3. The Morgan fingerprint density at radius 3 is 2.93 bits per heavy atom. The van der Waals surface area contributed by atoms with Gasteiger partial charge in [0.2, 0.25) is 11.8 Å². The number of anilines is 1. The maximum Gasteiger partial charge on any atom is 0.230 e. The molecule has 0 saturated carbocycles. The normalized spacial score (nSPS) is 16.7. The van der Waals surface area contributed by atoms with Crippen LogP contribution in [-0.4, -0.2) is 41.9 Å². The third kappa shape index (κ3) is 4.84. The molecule has 1 fully saturated rings. The van der Waals surface area contributed by atoms with E-state index < -0.39 is 0 Å². The zero-order valence-corrected chi connectivity index (χ0v) is 15.8. The summed E-state index contributed by atoms with van der Waals surface area (Å²) in [7, 11) is 1.61. The van der Waals surface area contributed by atoms with Crippen LogP contribution >= 0.6 is 0 Å². The Bertz CT molecular complexity index is 822. The molecule has 3 rings (SSSR count). The van der Waals surface area contributed by atoms with Crippen LogP contribution in [0.3, 0.4) is 0 Å². The highest BCUT2D eigenvalue weighted by Crippen LogP contribution is 2.21. The lowest BCUT2D eigenvalue weighted by atomic mass is 9.96. The molecule has 2 heterocycles. The van der Waals surface area contributed by atoms with Crippen molar-refractivity contribution in [2.75, 3.05) is 25.5 Å². The number of aryl methyl sites for hydroxylation is 1. The van der Waals surface area contributed by atoms with E-state index in [2.05, 4.69) is 10.3 Å². The number of piperidine rings is 1. The molecule has 1 N–H and O–H groups in total. The smallest absolute Gasteiger partial charge is 0.230 e. The number of ether oxygens (including phenoxy) is 1. The average Bonchev–Trinajstić information content (AvgIpc) is 2.70. The second kappa shape index (κ2) is 8.66. The predicted molar refractivity (Wildman–Crippen MR) is 104 cm³/mol. The van der Waals surface area contributed by atoms with Crippen molar-refractivity contribution in [3.05, 3.63) is 53.7 Å². The minimum Gasteiger partial charge on any atom is -0.497 e. The summed E-state index contributed by atoms with van der Waals surface area (Å²) in [5.74, 6) is 1.07. The van der Waals surface area contributed by atoms with E-state index in [1.807, 2.05) is 43.3 Å². The number of pyridine rings is 1. The van der Waals surface area contributed by atoms with Crippen LogP contribution in [0.4, 0.5) is 5.82 Å². The summed E-state index contributed by atoms with van der Waals surface area (Å²) in [6.07, 6.45) is 3.57. The number of nitrogens with zero attached hydrogens (tertiary/aromatic N) is 2. The summed E-state index contributed by atoms with van der Waals surface area (Å²) in [6, 6.07) is 11.3. The first-order valence-electron chi connectivity index (χ1n) is 9.20. The average molecular weight is 367 g/mol. The highest BCUT2D eigenvalue weighted by Gasteiger charge is 2.28. The molecule has 2 aromatic rings. The Labute approximate surface area is 159 Å². The van der Waals surface area contributed by atoms with E-state index in [1.165, 1.54) is 0 Å². The van der Waals surface area contributed by atoms with Gasteiger partial charge in [-0.3, -0.25) is 9.59 Å². The molecule has 1 aromatic heterocycles. The Morgan fingerprint density at radius 1 is 1.30 bits per heavy atom. The van der Waals surface area contributed by atoms with Gasteiger partial charge in [-0.15, -0.1) is 0 Å². The summed E-state index contributed by atoms with van der Waals surface area (Å²) in [5, 5.41) is 2.90. The van der Waals surface area contributed by atoms with Gasteiger partial charge in [0.1, 0.15) is 11.6 Å². The van der Waals surface area contributed by atoms with Crippen molar-refractivity contribution in [2.24, 2.45) is 5.92 Å². The molecule has 1 aliphatic heterocycles. The first-order valence-corrected chi connectivity index (χ1v) is 9.20. The largest absolute Gasteiger partial charge is 0.497 e. The van der Waals surface area contributed by atoms with E-state index in [4.69, 9.17) is 4.74 Å². The van der Waals surface area contributed by atoms with Crippen molar-refractivity contribution in [3.63, 3.8) is 0 Å². The fourth-order valence-electron chi connectivity index (χ4n) is 3.32.